The third-order valence-electron chi connectivity index (χ3n) is 9.45. The minimum atomic E-state index is -4.39. The summed E-state index contributed by atoms with van der Waals surface area (Å²) in [6.07, 6.45) is 51.2. The van der Waals surface area contributed by atoms with Crippen molar-refractivity contribution in [2.24, 2.45) is 5.73 Å². The van der Waals surface area contributed by atoms with Crippen molar-refractivity contribution in [2.75, 3.05) is 26.4 Å². The molecule has 57 heavy (non-hydrogen) atoms. The molecule has 0 fully saturated rings. The molecule has 0 aromatic carbocycles. The van der Waals surface area contributed by atoms with Crippen molar-refractivity contribution in [1.29, 1.82) is 0 Å². The number of hydrogen-bond acceptors (Lipinski definition) is 8. The molecular weight excluding hydrogens is 737 g/mol. The monoisotopic (exact) mass is 822 g/mol. The molecule has 0 spiro atoms. The van der Waals surface area contributed by atoms with Gasteiger partial charge in [0.05, 0.1) is 13.2 Å². The lowest BCUT2D eigenvalue weighted by atomic mass is 10.1. The van der Waals surface area contributed by atoms with Crippen molar-refractivity contribution in [3.63, 3.8) is 0 Å². The van der Waals surface area contributed by atoms with Gasteiger partial charge in [-0.3, -0.25) is 18.6 Å². The predicted octanol–water partition coefficient (Wildman–Crippen LogP) is 13.3. The fraction of sp³-hybridized carbons (Fsp3) is 0.745. The molecule has 330 valence electrons. The van der Waals surface area contributed by atoms with Gasteiger partial charge in [0.15, 0.2) is 6.10 Å². The first-order valence-corrected chi connectivity index (χ1v) is 24.3. The van der Waals surface area contributed by atoms with Crippen LogP contribution in [0.3, 0.4) is 0 Å². The standard InChI is InChI=1S/C47H84NO8P/c1-3-5-7-9-11-13-15-17-18-19-20-21-22-23-24-25-26-28-29-31-33-35-37-39-46(49)53-43-45(44-55-57(51,52)54-42-41-48)56-47(50)40-38-36-34-32-30-27-16-14-12-10-8-6-4-2/h6,8,10,12,14,16,20-21,23-24,45H,3-5,7,9,11,13,15,17-19,22,25-44,48H2,1-2H3,(H,51,52)/b8-6+,12-10+,16-14+,21-20+,24-23+. The highest BCUT2D eigenvalue weighted by Gasteiger charge is 2.26. The maximum absolute atomic E-state index is 12.6. The van der Waals surface area contributed by atoms with E-state index in [9.17, 15) is 19.0 Å². The lowest BCUT2D eigenvalue weighted by Crippen LogP contribution is -2.29. The molecule has 0 saturated heterocycles. The molecule has 0 aliphatic carbocycles. The number of allylic oxidation sites excluding steroid dienone is 10. The summed E-state index contributed by atoms with van der Waals surface area (Å²) in [6.45, 7) is 3.56. The summed E-state index contributed by atoms with van der Waals surface area (Å²) in [6, 6.07) is 0. The Bertz CT molecular complexity index is 1120. The third kappa shape index (κ3) is 43.1. The maximum atomic E-state index is 12.6. The van der Waals surface area contributed by atoms with Crippen LogP contribution in [0, 0.1) is 0 Å². The largest absolute Gasteiger partial charge is 0.472 e. The molecular formula is C47H84NO8P. The van der Waals surface area contributed by atoms with Crippen LogP contribution in [0.25, 0.3) is 0 Å². The maximum Gasteiger partial charge on any atom is 0.472 e. The van der Waals surface area contributed by atoms with Gasteiger partial charge in [0.1, 0.15) is 6.61 Å². The fourth-order valence-electron chi connectivity index (χ4n) is 6.08. The number of carbonyl (C=O) groups is 2. The van der Waals surface area contributed by atoms with E-state index in [-0.39, 0.29) is 32.6 Å². The number of phosphoric ester groups is 1. The van der Waals surface area contributed by atoms with Crippen molar-refractivity contribution < 1.29 is 37.6 Å². The number of ether oxygens (including phenoxy) is 2. The Morgan fingerprint density at radius 1 is 0.561 bits per heavy atom. The minimum absolute atomic E-state index is 0.0459. The van der Waals surface area contributed by atoms with Gasteiger partial charge in [-0.05, 0) is 64.2 Å². The molecule has 2 unspecified atom stereocenters. The molecule has 3 N–H and O–H groups in total. The van der Waals surface area contributed by atoms with Crippen LogP contribution in [0.4, 0.5) is 0 Å². The first-order valence-electron chi connectivity index (χ1n) is 22.8. The molecule has 0 heterocycles. The Morgan fingerprint density at radius 3 is 1.56 bits per heavy atom. The molecule has 0 amide bonds. The zero-order chi connectivity index (χ0) is 41.8. The molecule has 0 rings (SSSR count). The number of rotatable bonds is 42. The molecule has 10 heteroatoms. The van der Waals surface area contributed by atoms with Gasteiger partial charge in [0, 0.05) is 19.4 Å². The second-order valence-corrected chi connectivity index (χ2v) is 16.4. The van der Waals surface area contributed by atoms with Crippen LogP contribution in [0.15, 0.2) is 60.8 Å². The summed E-state index contributed by atoms with van der Waals surface area (Å²) in [4.78, 5) is 34.9. The number of unbranched alkanes of at least 4 members (excludes halogenated alkanes) is 21. The van der Waals surface area contributed by atoms with Gasteiger partial charge in [0.2, 0.25) is 0 Å². The molecule has 0 radical (unpaired) electrons. The van der Waals surface area contributed by atoms with Gasteiger partial charge < -0.3 is 20.1 Å². The minimum Gasteiger partial charge on any atom is -0.462 e. The van der Waals surface area contributed by atoms with E-state index < -0.39 is 32.5 Å². The Morgan fingerprint density at radius 2 is 1.04 bits per heavy atom. The van der Waals surface area contributed by atoms with Gasteiger partial charge in [0.25, 0.3) is 0 Å². The molecule has 0 bridgehead atoms. The van der Waals surface area contributed by atoms with Gasteiger partial charge >= 0.3 is 19.8 Å². The molecule has 0 aliphatic rings. The molecule has 2 atom stereocenters. The smallest absolute Gasteiger partial charge is 0.462 e. The van der Waals surface area contributed by atoms with E-state index >= 15 is 0 Å². The van der Waals surface area contributed by atoms with E-state index in [1.165, 1.54) is 83.5 Å². The lowest BCUT2D eigenvalue weighted by Gasteiger charge is -2.19. The van der Waals surface area contributed by atoms with E-state index in [0.717, 1.165) is 77.0 Å². The average Bonchev–Trinajstić information content (AvgIpc) is 3.20. The quantitative estimate of drug-likeness (QED) is 0.0203. The summed E-state index contributed by atoms with van der Waals surface area (Å²) >= 11 is 0. The van der Waals surface area contributed by atoms with E-state index in [4.69, 9.17) is 24.3 Å². The fourth-order valence-corrected chi connectivity index (χ4v) is 6.84. The topological polar surface area (TPSA) is 134 Å². The second-order valence-electron chi connectivity index (χ2n) is 14.9. The molecule has 0 saturated carbocycles. The molecule has 0 aliphatic heterocycles. The molecule has 0 aromatic rings. The number of esters is 2. The predicted molar refractivity (Wildman–Crippen MR) is 238 cm³/mol. The third-order valence-corrected chi connectivity index (χ3v) is 10.4. The van der Waals surface area contributed by atoms with Crippen LogP contribution in [0.2, 0.25) is 0 Å². The van der Waals surface area contributed by atoms with Crippen molar-refractivity contribution >= 4 is 19.8 Å². The van der Waals surface area contributed by atoms with Gasteiger partial charge in [-0.25, -0.2) is 4.57 Å². The summed E-state index contributed by atoms with van der Waals surface area (Å²) in [5, 5.41) is 0. The Balaban J connectivity index is 4.10. The van der Waals surface area contributed by atoms with Crippen molar-refractivity contribution in [2.45, 2.75) is 200 Å². The molecule has 9 nitrogen and oxygen atoms in total. The van der Waals surface area contributed by atoms with E-state index in [1.54, 1.807) is 0 Å². The summed E-state index contributed by atoms with van der Waals surface area (Å²) in [5.74, 6) is -0.864. The highest BCUT2D eigenvalue weighted by atomic mass is 31.2. The average molecular weight is 822 g/mol. The Kier molecular flexibility index (Phi) is 41.6. The zero-order valence-corrected chi connectivity index (χ0v) is 37.2. The van der Waals surface area contributed by atoms with Crippen LogP contribution in [-0.2, 0) is 32.7 Å². The first kappa shape index (κ1) is 54.7. The normalized spacial score (nSPS) is 13.8. The van der Waals surface area contributed by atoms with Crippen LogP contribution in [0.1, 0.15) is 194 Å². The number of carbonyl (C=O) groups excluding carboxylic acids is 2. The molecule has 0 aromatic heterocycles. The zero-order valence-electron chi connectivity index (χ0n) is 36.3. The number of phosphoric acid groups is 1. The first-order chi connectivity index (χ1) is 27.8. The highest BCUT2D eigenvalue weighted by Crippen LogP contribution is 2.43. The highest BCUT2D eigenvalue weighted by molar-refractivity contribution is 7.47. The van der Waals surface area contributed by atoms with Crippen LogP contribution >= 0.6 is 7.82 Å². The summed E-state index contributed by atoms with van der Waals surface area (Å²) < 4.78 is 32.8. The van der Waals surface area contributed by atoms with Crippen LogP contribution in [-0.4, -0.2) is 49.3 Å². The summed E-state index contributed by atoms with van der Waals surface area (Å²) in [5.41, 5.74) is 5.34. The second kappa shape index (κ2) is 43.3. The van der Waals surface area contributed by atoms with Crippen molar-refractivity contribution in [3.8, 4) is 0 Å². The van der Waals surface area contributed by atoms with Gasteiger partial charge in [-0.1, -0.05) is 177 Å². The number of nitrogens with two attached hydrogens (primary N) is 1. The SMILES string of the molecule is CC/C=C/C=C/C=C/CCCCCCCC(=O)OC(COC(=O)CCCCCCCCC/C=C/C/C=C/CCCCCCCCCCC)COP(=O)(O)OCCN. The Labute approximate surface area is 349 Å². The van der Waals surface area contributed by atoms with Crippen molar-refractivity contribution in [1.82, 2.24) is 0 Å². The van der Waals surface area contributed by atoms with E-state index in [1.807, 2.05) is 18.2 Å². The van der Waals surface area contributed by atoms with Gasteiger partial charge in [-0.15, -0.1) is 0 Å². The Hall–Kier alpha value is -2.29. The number of hydrogen-bond donors (Lipinski definition) is 2. The van der Waals surface area contributed by atoms with Crippen LogP contribution in [0.5, 0.6) is 0 Å². The van der Waals surface area contributed by atoms with Crippen LogP contribution < -0.4 is 5.73 Å². The van der Waals surface area contributed by atoms with Gasteiger partial charge in [-0.2, -0.15) is 0 Å². The van der Waals surface area contributed by atoms with Crippen molar-refractivity contribution in [3.05, 3.63) is 60.8 Å². The van der Waals surface area contributed by atoms with E-state index in [2.05, 4.69) is 56.4 Å². The lowest BCUT2D eigenvalue weighted by molar-refractivity contribution is -0.161. The summed E-state index contributed by atoms with van der Waals surface area (Å²) in [7, 11) is -4.39. The van der Waals surface area contributed by atoms with E-state index in [0.29, 0.717) is 6.42 Å².